The highest BCUT2D eigenvalue weighted by Gasteiger charge is 2.06. The van der Waals surface area contributed by atoms with E-state index in [0.29, 0.717) is 33.4 Å². The minimum atomic E-state index is 0.396. The highest BCUT2D eigenvalue weighted by Crippen LogP contribution is 2.27. The van der Waals surface area contributed by atoms with Crippen molar-refractivity contribution in [2.45, 2.75) is 19.8 Å². The Morgan fingerprint density at radius 3 is 2.40 bits per heavy atom. The maximum Gasteiger partial charge on any atom is 0.249 e. The number of halogens is 2. The number of nitrogens with one attached hydrogen (secondary N) is 2. The monoisotopic (exact) mass is 373 g/mol. The SMILES string of the molecule is CC(C)c1ccc(Nc2nncc(Nc3ccc(Cl)cc3Cl)n2)cc1. The molecule has 3 rings (SSSR count). The lowest BCUT2D eigenvalue weighted by molar-refractivity contribution is 0.867. The Labute approximate surface area is 156 Å². The van der Waals surface area contributed by atoms with Crippen LogP contribution in [-0.2, 0) is 0 Å². The van der Waals surface area contributed by atoms with Crippen LogP contribution in [0, 0.1) is 0 Å². The minimum absolute atomic E-state index is 0.396. The van der Waals surface area contributed by atoms with Crippen molar-refractivity contribution in [3.05, 3.63) is 64.3 Å². The van der Waals surface area contributed by atoms with Crippen molar-refractivity contribution in [2.24, 2.45) is 0 Å². The number of anilines is 4. The van der Waals surface area contributed by atoms with Crippen molar-refractivity contribution in [1.82, 2.24) is 15.2 Å². The third-order valence-corrected chi connectivity index (χ3v) is 4.13. The Bertz CT molecular complexity index is 866. The van der Waals surface area contributed by atoms with Crippen molar-refractivity contribution in [3.63, 3.8) is 0 Å². The van der Waals surface area contributed by atoms with Gasteiger partial charge in [0.2, 0.25) is 5.95 Å². The zero-order valence-corrected chi connectivity index (χ0v) is 15.3. The zero-order valence-electron chi connectivity index (χ0n) is 13.8. The van der Waals surface area contributed by atoms with Crippen molar-refractivity contribution < 1.29 is 0 Å². The lowest BCUT2D eigenvalue weighted by Crippen LogP contribution is -2.02. The molecule has 128 valence electrons. The molecule has 0 radical (unpaired) electrons. The number of rotatable bonds is 5. The second-order valence-corrected chi connectivity index (χ2v) is 6.66. The van der Waals surface area contributed by atoms with Crippen molar-refractivity contribution in [2.75, 3.05) is 10.6 Å². The fraction of sp³-hybridized carbons (Fsp3) is 0.167. The molecule has 7 heteroatoms. The molecule has 2 aromatic carbocycles. The Balaban J connectivity index is 1.75. The second kappa shape index (κ2) is 7.68. The molecular weight excluding hydrogens is 357 g/mol. The van der Waals surface area contributed by atoms with Gasteiger partial charge in [0.05, 0.1) is 16.9 Å². The fourth-order valence-corrected chi connectivity index (χ4v) is 2.68. The Morgan fingerprint density at radius 2 is 1.72 bits per heavy atom. The molecule has 0 saturated carbocycles. The van der Waals surface area contributed by atoms with Gasteiger partial charge in [-0.25, -0.2) is 0 Å². The van der Waals surface area contributed by atoms with E-state index in [1.807, 2.05) is 12.1 Å². The van der Waals surface area contributed by atoms with E-state index in [-0.39, 0.29) is 0 Å². The highest BCUT2D eigenvalue weighted by molar-refractivity contribution is 6.36. The van der Waals surface area contributed by atoms with Crippen LogP contribution in [0.15, 0.2) is 48.7 Å². The van der Waals surface area contributed by atoms with E-state index >= 15 is 0 Å². The summed E-state index contributed by atoms with van der Waals surface area (Å²) in [6.45, 7) is 4.32. The van der Waals surface area contributed by atoms with Gasteiger partial charge in [0.25, 0.3) is 0 Å². The van der Waals surface area contributed by atoms with Gasteiger partial charge in [-0.2, -0.15) is 10.1 Å². The molecule has 1 aromatic heterocycles. The standard InChI is InChI=1S/C18H17Cl2N5/c1-11(2)12-3-6-14(7-4-12)22-18-24-17(10-21-25-18)23-16-8-5-13(19)9-15(16)20/h3-11H,1-2H3,(H2,22,23,24,25). The van der Waals surface area contributed by atoms with E-state index in [2.05, 4.69) is 51.8 Å². The first kappa shape index (κ1) is 17.5. The first-order valence-electron chi connectivity index (χ1n) is 7.80. The number of nitrogens with zero attached hydrogens (tertiary/aromatic N) is 3. The lowest BCUT2D eigenvalue weighted by atomic mass is 10.0. The van der Waals surface area contributed by atoms with Gasteiger partial charge in [-0.05, 0) is 41.8 Å². The molecule has 3 aromatic rings. The minimum Gasteiger partial charge on any atom is -0.338 e. The average molecular weight is 374 g/mol. The van der Waals surface area contributed by atoms with E-state index in [9.17, 15) is 0 Å². The molecule has 25 heavy (non-hydrogen) atoms. The Morgan fingerprint density at radius 1 is 0.960 bits per heavy atom. The van der Waals surface area contributed by atoms with E-state index < -0.39 is 0 Å². The molecule has 5 nitrogen and oxygen atoms in total. The largest absolute Gasteiger partial charge is 0.338 e. The zero-order chi connectivity index (χ0) is 17.8. The van der Waals surface area contributed by atoms with Crippen LogP contribution in [0.4, 0.5) is 23.1 Å². The molecule has 0 aliphatic carbocycles. The molecule has 0 aliphatic heterocycles. The third kappa shape index (κ3) is 4.59. The quantitative estimate of drug-likeness (QED) is 0.592. The number of benzene rings is 2. The van der Waals surface area contributed by atoms with Gasteiger partial charge in [-0.3, -0.25) is 0 Å². The van der Waals surface area contributed by atoms with Crippen LogP contribution >= 0.6 is 23.2 Å². The Kier molecular flexibility index (Phi) is 5.36. The second-order valence-electron chi connectivity index (χ2n) is 5.82. The number of hydrogen-bond donors (Lipinski definition) is 2. The van der Waals surface area contributed by atoms with Crippen LogP contribution < -0.4 is 10.6 Å². The van der Waals surface area contributed by atoms with Gasteiger partial charge >= 0.3 is 0 Å². The molecular formula is C18H17Cl2N5. The van der Waals surface area contributed by atoms with Gasteiger partial charge in [0, 0.05) is 10.7 Å². The molecule has 0 amide bonds. The summed E-state index contributed by atoms with van der Waals surface area (Å²) in [6, 6.07) is 13.3. The number of aromatic nitrogens is 3. The van der Waals surface area contributed by atoms with Gasteiger partial charge < -0.3 is 10.6 Å². The van der Waals surface area contributed by atoms with Gasteiger partial charge in [-0.1, -0.05) is 49.2 Å². The van der Waals surface area contributed by atoms with E-state index in [4.69, 9.17) is 23.2 Å². The first-order valence-corrected chi connectivity index (χ1v) is 8.55. The molecule has 0 unspecified atom stereocenters. The maximum absolute atomic E-state index is 6.16. The van der Waals surface area contributed by atoms with Crippen LogP contribution in [0.3, 0.4) is 0 Å². The third-order valence-electron chi connectivity index (χ3n) is 3.59. The summed E-state index contributed by atoms with van der Waals surface area (Å²) < 4.78 is 0. The van der Waals surface area contributed by atoms with E-state index in [1.54, 1.807) is 18.2 Å². The predicted molar refractivity (Wildman–Crippen MR) is 103 cm³/mol. The summed E-state index contributed by atoms with van der Waals surface area (Å²) in [5.74, 6) is 1.41. The molecule has 1 heterocycles. The molecule has 2 N–H and O–H groups in total. The van der Waals surface area contributed by atoms with Crippen LogP contribution in [0.1, 0.15) is 25.3 Å². The maximum atomic E-state index is 6.16. The molecule has 0 atom stereocenters. The molecule has 0 fully saturated rings. The van der Waals surface area contributed by atoms with E-state index in [1.165, 1.54) is 11.8 Å². The summed E-state index contributed by atoms with van der Waals surface area (Å²) in [7, 11) is 0. The van der Waals surface area contributed by atoms with Crippen LogP contribution in [0.2, 0.25) is 10.0 Å². The van der Waals surface area contributed by atoms with E-state index in [0.717, 1.165) is 5.69 Å². The fourth-order valence-electron chi connectivity index (χ4n) is 2.23. The number of hydrogen-bond acceptors (Lipinski definition) is 5. The van der Waals surface area contributed by atoms with Gasteiger partial charge in [0.15, 0.2) is 5.82 Å². The van der Waals surface area contributed by atoms with Crippen molar-refractivity contribution in [3.8, 4) is 0 Å². The summed E-state index contributed by atoms with van der Waals surface area (Å²) in [6.07, 6.45) is 1.53. The normalized spacial score (nSPS) is 10.8. The topological polar surface area (TPSA) is 62.7 Å². The van der Waals surface area contributed by atoms with Crippen LogP contribution in [-0.4, -0.2) is 15.2 Å². The molecule has 0 aliphatic rings. The van der Waals surface area contributed by atoms with Gasteiger partial charge in [0.1, 0.15) is 0 Å². The summed E-state index contributed by atoms with van der Waals surface area (Å²) in [4.78, 5) is 4.40. The average Bonchev–Trinajstić information content (AvgIpc) is 2.58. The summed E-state index contributed by atoms with van der Waals surface area (Å²) in [5, 5.41) is 15.3. The molecule has 0 bridgehead atoms. The first-order chi connectivity index (χ1) is 12.0. The molecule has 0 saturated heterocycles. The van der Waals surface area contributed by atoms with Gasteiger partial charge in [-0.15, -0.1) is 5.10 Å². The predicted octanol–water partition coefficient (Wildman–Crippen LogP) is 5.79. The lowest BCUT2D eigenvalue weighted by Gasteiger charge is -2.10. The van der Waals surface area contributed by atoms with Crippen LogP contribution in [0.25, 0.3) is 0 Å². The Hall–Kier alpha value is -2.37. The van der Waals surface area contributed by atoms with Crippen LogP contribution in [0.5, 0.6) is 0 Å². The smallest absolute Gasteiger partial charge is 0.249 e. The van der Waals surface area contributed by atoms with Crippen molar-refractivity contribution in [1.29, 1.82) is 0 Å². The van der Waals surface area contributed by atoms with Crippen molar-refractivity contribution >= 4 is 46.3 Å². The molecule has 0 spiro atoms. The highest BCUT2D eigenvalue weighted by atomic mass is 35.5. The summed E-state index contributed by atoms with van der Waals surface area (Å²) >= 11 is 12.1. The summed E-state index contributed by atoms with van der Waals surface area (Å²) in [5.41, 5.74) is 2.86.